The Morgan fingerprint density at radius 3 is 2.77 bits per heavy atom. The maximum Gasteiger partial charge on any atom is 0.225 e. The molecule has 2 N–H and O–H groups in total. The highest BCUT2D eigenvalue weighted by Gasteiger charge is 2.22. The number of aliphatic hydroxyl groups is 1. The largest absolute Gasteiger partial charge is 0.392 e. The molecule has 0 radical (unpaired) electrons. The van der Waals surface area contributed by atoms with E-state index in [2.05, 4.69) is 18.3 Å². The zero-order valence-corrected chi connectivity index (χ0v) is 15.8. The van der Waals surface area contributed by atoms with Crippen LogP contribution in [0.1, 0.15) is 56.1 Å². The van der Waals surface area contributed by atoms with E-state index >= 15 is 0 Å². The van der Waals surface area contributed by atoms with E-state index in [1.165, 1.54) is 5.56 Å². The van der Waals surface area contributed by atoms with Gasteiger partial charge in [0.2, 0.25) is 5.91 Å². The minimum absolute atomic E-state index is 0.00426. The summed E-state index contributed by atoms with van der Waals surface area (Å²) in [6.07, 6.45) is 3.87. The number of amides is 1. The van der Waals surface area contributed by atoms with Crippen LogP contribution in [0, 0.1) is 5.92 Å². The number of aromatic nitrogens is 2. The first-order chi connectivity index (χ1) is 12.5. The first kappa shape index (κ1) is 18.5. The number of carbonyl (C=O) groups excluding carboxylic acids is 1. The van der Waals surface area contributed by atoms with Gasteiger partial charge in [-0.1, -0.05) is 45.4 Å². The zero-order valence-electron chi connectivity index (χ0n) is 15.8. The van der Waals surface area contributed by atoms with Crippen LogP contribution in [0.4, 0.5) is 5.82 Å². The summed E-state index contributed by atoms with van der Waals surface area (Å²) in [5.41, 5.74) is 5.93. The second-order valence-corrected chi connectivity index (χ2v) is 7.36. The van der Waals surface area contributed by atoms with Gasteiger partial charge in [-0.05, 0) is 36.3 Å². The minimum Gasteiger partial charge on any atom is -0.392 e. The van der Waals surface area contributed by atoms with Crippen molar-refractivity contribution in [3.8, 4) is 11.3 Å². The number of aryl methyl sites for hydroxylation is 3. The van der Waals surface area contributed by atoms with Crippen molar-refractivity contribution in [2.24, 2.45) is 5.92 Å². The van der Waals surface area contributed by atoms with E-state index in [9.17, 15) is 9.90 Å². The Kier molecular flexibility index (Phi) is 5.67. The van der Waals surface area contributed by atoms with Crippen molar-refractivity contribution < 1.29 is 9.90 Å². The molecule has 0 aliphatic heterocycles. The van der Waals surface area contributed by atoms with Gasteiger partial charge in [0.1, 0.15) is 0 Å². The van der Waals surface area contributed by atoms with Gasteiger partial charge >= 0.3 is 0 Å². The van der Waals surface area contributed by atoms with Crippen LogP contribution in [-0.2, 0) is 30.7 Å². The lowest BCUT2D eigenvalue weighted by molar-refractivity contribution is -0.116. The number of anilines is 1. The monoisotopic (exact) mass is 353 g/mol. The number of fused-ring (bicyclic) bond motifs is 3. The predicted octanol–water partition coefficient (Wildman–Crippen LogP) is 3.67. The third-order valence-electron chi connectivity index (χ3n) is 4.62. The average Bonchev–Trinajstić information content (AvgIpc) is 2.61. The lowest BCUT2D eigenvalue weighted by Crippen LogP contribution is -2.19. The van der Waals surface area contributed by atoms with Gasteiger partial charge in [0.25, 0.3) is 0 Å². The maximum atomic E-state index is 12.2. The smallest absolute Gasteiger partial charge is 0.225 e. The van der Waals surface area contributed by atoms with Crippen LogP contribution in [0.2, 0.25) is 0 Å². The number of aliphatic hydroxyl groups excluding tert-OH is 1. The van der Waals surface area contributed by atoms with Crippen LogP contribution in [0.3, 0.4) is 0 Å². The van der Waals surface area contributed by atoms with E-state index in [-0.39, 0.29) is 12.5 Å². The molecular weight excluding hydrogens is 326 g/mol. The molecule has 0 spiro atoms. The van der Waals surface area contributed by atoms with Gasteiger partial charge in [0, 0.05) is 12.0 Å². The van der Waals surface area contributed by atoms with Crippen LogP contribution < -0.4 is 5.32 Å². The van der Waals surface area contributed by atoms with E-state index in [0.717, 1.165) is 53.9 Å². The summed E-state index contributed by atoms with van der Waals surface area (Å²) >= 11 is 0. The van der Waals surface area contributed by atoms with Crippen molar-refractivity contribution in [1.29, 1.82) is 0 Å². The molecule has 5 nitrogen and oxygen atoms in total. The summed E-state index contributed by atoms with van der Waals surface area (Å²) < 4.78 is 0. The van der Waals surface area contributed by atoms with Crippen molar-refractivity contribution in [3.05, 3.63) is 40.7 Å². The molecule has 5 heteroatoms. The summed E-state index contributed by atoms with van der Waals surface area (Å²) in [6.45, 7) is 6.21. The lowest BCUT2D eigenvalue weighted by atomic mass is 9.90. The number of benzene rings is 1. The number of hydrogen-bond acceptors (Lipinski definition) is 4. The molecule has 1 aliphatic carbocycles. The first-order valence-corrected chi connectivity index (χ1v) is 9.44. The molecule has 1 aromatic carbocycles. The fraction of sp³-hybridized carbons (Fsp3) is 0.476. The van der Waals surface area contributed by atoms with Gasteiger partial charge < -0.3 is 10.4 Å². The molecule has 1 aromatic heterocycles. The molecule has 0 atom stereocenters. The highest BCUT2D eigenvalue weighted by Crippen LogP contribution is 2.33. The Bertz CT molecular complexity index is 815. The Labute approximate surface area is 154 Å². The van der Waals surface area contributed by atoms with Gasteiger partial charge in [-0.2, -0.15) is 0 Å². The standard InChI is InChI=1S/C21H27N3O2/c1-4-5-18-21(24-19(26)10-13(2)3)23-17-9-7-15-11-14(12-25)6-8-16(15)20(17)22-18/h6,8,11,13,25H,4-5,7,9-10,12H2,1-3H3,(H,23,24,26). The van der Waals surface area contributed by atoms with Crippen molar-refractivity contribution >= 4 is 11.7 Å². The van der Waals surface area contributed by atoms with Gasteiger partial charge in [-0.25, -0.2) is 9.97 Å². The molecular formula is C21H27N3O2. The Morgan fingerprint density at radius 2 is 2.08 bits per heavy atom. The fourth-order valence-electron chi connectivity index (χ4n) is 3.40. The van der Waals surface area contributed by atoms with E-state index in [1.54, 1.807) is 0 Å². The molecule has 138 valence electrons. The lowest BCUT2D eigenvalue weighted by Gasteiger charge is -2.21. The average molecular weight is 353 g/mol. The highest BCUT2D eigenvalue weighted by molar-refractivity contribution is 5.90. The van der Waals surface area contributed by atoms with Crippen molar-refractivity contribution in [2.75, 3.05) is 5.32 Å². The molecule has 3 rings (SSSR count). The summed E-state index contributed by atoms with van der Waals surface area (Å²) in [5.74, 6) is 0.921. The number of nitrogens with zero attached hydrogens (tertiary/aromatic N) is 2. The first-order valence-electron chi connectivity index (χ1n) is 9.44. The second-order valence-electron chi connectivity index (χ2n) is 7.36. The summed E-state index contributed by atoms with van der Waals surface area (Å²) in [6, 6.07) is 6.02. The number of nitrogens with one attached hydrogen (secondary N) is 1. The predicted molar refractivity (Wildman–Crippen MR) is 103 cm³/mol. The topological polar surface area (TPSA) is 75.1 Å². The third-order valence-corrected chi connectivity index (χ3v) is 4.62. The summed E-state index contributed by atoms with van der Waals surface area (Å²) in [5, 5.41) is 12.3. The Hall–Kier alpha value is -2.27. The fourth-order valence-corrected chi connectivity index (χ4v) is 3.40. The molecule has 0 saturated carbocycles. The van der Waals surface area contributed by atoms with Crippen LogP contribution in [0.15, 0.2) is 18.2 Å². The Balaban J connectivity index is 1.99. The number of rotatable bonds is 6. The van der Waals surface area contributed by atoms with Gasteiger partial charge in [-0.3, -0.25) is 4.79 Å². The van der Waals surface area contributed by atoms with Crippen LogP contribution in [0.5, 0.6) is 0 Å². The maximum absolute atomic E-state index is 12.2. The van der Waals surface area contributed by atoms with E-state index in [0.29, 0.717) is 18.2 Å². The van der Waals surface area contributed by atoms with Gasteiger partial charge in [-0.15, -0.1) is 0 Å². The van der Waals surface area contributed by atoms with Crippen molar-refractivity contribution in [3.63, 3.8) is 0 Å². The Morgan fingerprint density at radius 1 is 1.27 bits per heavy atom. The van der Waals surface area contributed by atoms with E-state index in [1.807, 2.05) is 26.0 Å². The molecule has 0 fully saturated rings. The molecule has 1 amide bonds. The van der Waals surface area contributed by atoms with Crippen molar-refractivity contribution in [1.82, 2.24) is 9.97 Å². The quantitative estimate of drug-likeness (QED) is 0.831. The second kappa shape index (κ2) is 7.96. The summed E-state index contributed by atoms with van der Waals surface area (Å²) in [7, 11) is 0. The number of hydrogen-bond donors (Lipinski definition) is 2. The van der Waals surface area contributed by atoms with Crippen molar-refractivity contribution in [2.45, 2.75) is 59.5 Å². The zero-order chi connectivity index (χ0) is 18.7. The van der Waals surface area contributed by atoms with E-state index in [4.69, 9.17) is 9.97 Å². The highest BCUT2D eigenvalue weighted by atomic mass is 16.3. The van der Waals surface area contributed by atoms with Crippen LogP contribution in [0.25, 0.3) is 11.3 Å². The molecule has 1 aliphatic rings. The SMILES string of the molecule is CCCc1nc2c(nc1NC(=O)CC(C)C)CCc1cc(CO)ccc1-2. The minimum atomic E-state index is -0.00426. The van der Waals surface area contributed by atoms with Gasteiger partial charge in [0.05, 0.1) is 23.7 Å². The van der Waals surface area contributed by atoms with Crippen LogP contribution in [-0.4, -0.2) is 21.0 Å². The van der Waals surface area contributed by atoms with E-state index < -0.39 is 0 Å². The number of carbonyl (C=O) groups is 1. The summed E-state index contributed by atoms with van der Waals surface area (Å²) in [4.78, 5) is 21.9. The molecule has 1 heterocycles. The normalized spacial score (nSPS) is 12.7. The molecule has 0 saturated heterocycles. The molecule has 26 heavy (non-hydrogen) atoms. The molecule has 0 unspecified atom stereocenters. The molecule has 0 bridgehead atoms. The molecule has 2 aromatic rings. The van der Waals surface area contributed by atoms with Gasteiger partial charge in [0.15, 0.2) is 5.82 Å². The van der Waals surface area contributed by atoms with Crippen LogP contribution >= 0.6 is 0 Å². The third kappa shape index (κ3) is 3.93.